The zero-order chi connectivity index (χ0) is 26.1. The number of thiophene rings is 1. The fourth-order valence-electron chi connectivity index (χ4n) is 4.08. The third-order valence-corrected chi connectivity index (χ3v) is 7.37. The molecule has 2 heterocycles. The van der Waals surface area contributed by atoms with E-state index in [0.29, 0.717) is 30.4 Å². The second-order valence-electron chi connectivity index (χ2n) is 9.64. The van der Waals surface area contributed by atoms with Gasteiger partial charge in [-0.25, -0.2) is 0 Å². The van der Waals surface area contributed by atoms with Crippen LogP contribution in [0.5, 0.6) is 5.75 Å². The van der Waals surface area contributed by atoms with Gasteiger partial charge in [0.25, 0.3) is 5.91 Å². The highest BCUT2D eigenvalue weighted by Crippen LogP contribution is 2.19. The lowest BCUT2D eigenvalue weighted by Crippen LogP contribution is -2.46. The fourth-order valence-corrected chi connectivity index (χ4v) is 4.77. The molecule has 1 unspecified atom stereocenters. The minimum atomic E-state index is -0.0653. The Balaban J connectivity index is 1.78. The average Bonchev–Trinajstić information content (AvgIpc) is 3.56. The summed E-state index contributed by atoms with van der Waals surface area (Å²) in [5.74, 6) is 1.19. The Hall–Kier alpha value is -3.06. The van der Waals surface area contributed by atoms with Gasteiger partial charge < -0.3 is 19.1 Å². The lowest BCUT2D eigenvalue weighted by molar-refractivity contribution is -0.134. The molecule has 36 heavy (non-hydrogen) atoms. The van der Waals surface area contributed by atoms with Gasteiger partial charge in [0.1, 0.15) is 12.3 Å². The topological polar surface area (TPSA) is 54.8 Å². The zero-order valence-electron chi connectivity index (χ0n) is 22.1. The molecule has 0 saturated heterocycles. The fraction of sp³-hybridized carbons (Fsp3) is 0.448. The molecule has 0 radical (unpaired) electrons. The van der Waals surface area contributed by atoms with Crippen LogP contribution in [0.2, 0.25) is 0 Å². The summed E-state index contributed by atoms with van der Waals surface area (Å²) < 4.78 is 7.54. The summed E-state index contributed by atoms with van der Waals surface area (Å²) in [6.45, 7) is 10.3. The molecule has 7 heteroatoms. The standard InChI is InChI=1S/C29H39N3O3S/c1-6-23(4)32(20-25-11-8-15-30(25)19-24-10-7-12-26(18-24)35-5)28(33)21-31(16-14-22(2)3)29(34)27-13-9-17-36-27/h7-13,15,17-18,22-23H,6,14,16,19-21H2,1-5H3. The molecular weight excluding hydrogens is 470 g/mol. The van der Waals surface area contributed by atoms with Gasteiger partial charge in [0, 0.05) is 31.0 Å². The Bertz CT molecular complexity index is 1110. The first-order valence-electron chi connectivity index (χ1n) is 12.7. The predicted molar refractivity (Wildman–Crippen MR) is 147 cm³/mol. The van der Waals surface area contributed by atoms with E-state index in [2.05, 4.69) is 44.4 Å². The molecule has 0 N–H and O–H groups in total. The SMILES string of the molecule is CCC(C)N(Cc1cccn1Cc1cccc(OC)c1)C(=O)CN(CCC(C)C)C(=O)c1cccs1. The van der Waals surface area contributed by atoms with Crippen molar-refractivity contribution in [2.75, 3.05) is 20.2 Å². The van der Waals surface area contributed by atoms with Gasteiger partial charge in [0.2, 0.25) is 5.91 Å². The lowest BCUT2D eigenvalue weighted by Gasteiger charge is -2.32. The van der Waals surface area contributed by atoms with Gasteiger partial charge >= 0.3 is 0 Å². The zero-order valence-corrected chi connectivity index (χ0v) is 23.0. The first-order chi connectivity index (χ1) is 17.3. The van der Waals surface area contributed by atoms with Crippen LogP contribution < -0.4 is 4.74 Å². The highest BCUT2D eigenvalue weighted by atomic mass is 32.1. The summed E-state index contributed by atoms with van der Waals surface area (Å²) in [6.07, 6.45) is 3.74. The normalized spacial score (nSPS) is 11.9. The molecular formula is C29H39N3O3S. The van der Waals surface area contributed by atoms with Crippen LogP contribution in [0.1, 0.15) is 61.5 Å². The first-order valence-corrected chi connectivity index (χ1v) is 13.6. The number of benzene rings is 1. The molecule has 0 aliphatic heterocycles. The van der Waals surface area contributed by atoms with E-state index in [9.17, 15) is 9.59 Å². The van der Waals surface area contributed by atoms with E-state index in [4.69, 9.17) is 4.74 Å². The smallest absolute Gasteiger partial charge is 0.264 e. The van der Waals surface area contributed by atoms with Crippen molar-refractivity contribution in [2.24, 2.45) is 5.92 Å². The molecule has 0 aliphatic rings. The van der Waals surface area contributed by atoms with Crippen molar-refractivity contribution in [3.63, 3.8) is 0 Å². The van der Waals surface area contributed by atoms with Crippen LogP contribution in [0, 0.1) is 5.92 Å². The number of aromatic nitrogens is 1. The maximum Gasteiger partial charge on any atom is 0.264 e. The third-order valence-electron chi connectivity index (χ3n) is 6.51. The van der Waals surface area contributed by atoms with E-state index in [0.717, 1.165) is 29.8 Å². The highest BCUT2D eigenvalue weighted by molar-refractivity contribution is 7.12. The van der Waals surface area contributed by atoms with Crippen LogP contribution in [0.25, 0.3) is 0 Å². The molecule has 1 atom stereocenters. The Morgan fingerprint density at radius 1 is 1.08 bits per heavy atom. The van der Waals surface area contributed by atoms with Crippen molar-refractivity contribution in [3.8, 4) is 5.75 Å². The number of ether oxygens (including phenoxy) is 1. The molecule has 0 saturated carbocycles. The minimum Gasteiger partial charge on any atom is -0.497 e. The molecule has 0 fully saturated rings. The molecule has 2 amide bonds. The maximum absolute atomic E-state index is 13.7. The predicted octanol–water partition coefficient (Wildman–Crippen LogP) is 5.92. The Labute approximate surface area is 219 Å². The number of nitrogens with zero attached hydrogens (tertiary/aromatic N) is 3. The van der Waals surface area contributed by atoms with Crippen molar-refractivity contribution >= 4 is 23.2 Å². The summed E-state index contributed by atoms with van der Waals surface area (Å²) in [7, 11) is 1.67. The molecule has 3 aromatic rings. The number of carbonyl (C=O) groups is 2. The van der Waals surface area contributed by atoms with Crippen LogP contribution in [0.4, 0.5) is 0 Å². The molecule has 3 rings (SSSR count). The van der Waals surface area contributed by atoms with Crippen LogP contribution in [0.3, 0.4) is 0 Å². The van der Waals surface area contributed by atoms with E-state index in [1.165, 1.54) is 11.3 Å². The number of methoxy groups -OCH3 is 1. The van der Waals surface area contributed by atoms with Gasteiger partial charge in [-0.3, -0.25) is 9.59 Å². The van der Waals surface area contributed by atoms with Crippen molar-refractivity contribution in [2.45, 2.75) is 59.7 Å². The summed E-state index contributed by atoms with van der Waals surface area (Å²) in [5, 5.41) is 1.90. The Morgan fingerprint density at radius 2 is 1.89 bits per heavy atom. The van der Waals surface area contributed by atoms with Crippen molar-refractivity contribution < 1.29 is 14.3 Å². The van der Waals surface area contributed by atoms with Crippen molar-refractivity contribution in [1.82, 2.24) is 14.4 Å². The number of hydrogen-bond acceptors (Lipinski definition) is 4. The second-order valence-corrected chi connectivity index (χ2v) is 10.6. The van der Waals surface area contributed by atoms with E-state index < -0.39 is 0 Å². The molecule has 0 bridgehead atoms. The second kappa shape index (κ2) is 13.3. The molecule has 6 nitrogen and oxygen atoms in total. The summed E-state index contributed by atoms with van der Waals surface area (Å²) >= 11 is 1.42. The van der Waals surface area contributed by atoms with E-state index >= 15 is 0 Å². The molecule has 2 aromatic heterocycles. The Kier molecular flexibility index (Phi) is 10.2. The van der Waals surface area contributed by atoms with Gasteiger partial charge in [0.15, 0.2) is 0 Å². The van der Waals surface area contributed by atoms with E-state index in [1.54, 1.807) is 12.0 Å². The van der Waals surface area contributed by atoms with Gasteiger partial charge in [-0.15, -0.1) is 11.3 Å². The third kappa shape index (κ3) is 7.47. The monoisotopic (exact) mass is 509 g/mol. The molecule has 194 valence electrons. The molecule has 0 aliphatic carbocycles. The molecule has 1 aromatic carbocycles. The van der Waals surface area contributed by atoms with Gasteiger partial charge in [-0.1, -0.05) is 39.0 Å². The first kappa shape index (κ1) is 27.5. The van der Waals surface area contributed by atoms with Crippen molar-refractivity contribution in [1.29, 1.82) is 0 Å². The minimum absolute atomic E-state index is 0.0212. The number of carbonyl (C=O) groups excluding carboxylic acids is 2. The van der Waals surface area contributed by atoms with Crippen molar-refractivity contribution in [3.05, 3.63) is 76.2 Å². The van der Waals surface area contributed by atoms with Gasteiger partial charge in [-0.2, -0.15) is 0 Å². The van der Waals surface area contributed by atoms with Crippen LogP contribution in [-0.2, 0) is 17.9 Å². The van der Waals surface area contributed by atoms with E-state index in [-0.39, 0.29) is 24.4 Å². The van der Waals surface area contributed by atoms with Gasteiger partial charge in [-0.05, 0) is 67.0 Å². The Morgan fingerprint density at radius 3 is 2.56 bits per heavy atom. The summed E-state index contributed by atoms with van der Waals surface area (Å²) in [4.78, 5) is 31.2. The quantitative estimate of drug-likeness (QED) is 0.287. The number of amides is 2. The van der Waals surface area contributed by atoms with Gasteiger partial charge in [0.05, 0.1) is 18.5 Å². The largest absolute Gasteiger partial charge is 0.497 e. The number of hydrogen-bond donors (Lipinski definition) is 0. The van der Waals surface area contributed by atoms with Crippen LogP contribution in [-0.4, -0.2) is 52.4 Å². The highest BCUT2D eigenvalue weighted by Gasteiger charge is 2.26. The van der Waals surface area contributed by atoms with E-state index in [1.807, 2.05) is 52.9 Å². The lowest BCUT2D eigenvalue weighted by atomic mass is 10.1. The van der Waals surface area contributed by atoms with Crippen LogP contribution in [0.15, 0.2) is 60.1 Å². The number of rotatable bonds is 13. The average molecular weight is 510 g/mol. The summed E-state index contributed by atoms with van der Waals surface area (Å²) in [5.41, 5.74) is 2.19. The van der Waals surface area contributed by atoms with Crippen LogP contribution >= 0.6 is 11.3 Å². The maximum atomic E-state index is 13.7. The molecule has 0 spiro atoms. The summed E-state index contributed by atoms with van der Waals surface area (Å²) in [6, 6.07) is 15.9.